The largest absolute Gasteiger partial charge is 0.317 e. The van der Waals surface area contributed by atoms with Crippen molar-refractivity contribution in [3.8, 4) is 0 Å². The standard InChI is InChI=1S/C14H24N2/c1-4-15-8-5-9-16-11-14-7-6-12(2)10-13(14)3/h6-7,10,15-16H,4-5,8-9,11H2,1-3H3. The van der Waals surface area contributed by atoms with Gasteiger partial charge in [0.1, 0.15) is 0 Å². The summed E-state index contributed by atoms with van der Waals surface area (Å²) in [6.07, 6.45) is 1.19. The maximum atomic E-state index is 3.48. The average molecular weight is 220 g/mol. The predicted molar refractivity (Wildman–Crippen MR) is 70.8 cm³/mol. The van der Waals surface area contributed by atoms with E-state index >= 15 is 0 Å². The Morgan fingerprint density at radius 1 is 1.06 bits per heavy atom. The Morgan fingerprint density at radius 3 is 2.50 bits per heavy atom. The van der Waals surface area contributed by atoms with Gasteiger partial charge in [-0.2, -0.15) is 0 Å². The molecule has 1 rings (SSSR count). The zero-order valence-corrected chi connectivity index (χ0v) is 10.8. The molecule has 0 aliphatic rings. The number of rotatable bonds is 7. The lowest BCUT2D eigenvalue weighted by Crippen LogP contribution is -2.21. The van der Waals surface area contributed by atoms with Crippen molar-refractivity contribution in [1.29, 1.82) is 0 Å². The topological polar surface area (TPSA) is 24.1 Å². The summed E-state index contributed by atoms with van der Waals surface area (Å²) in [6, 6.07) is 6.65. The summed E-state index contributed by atoms with van der Waals surface area (Å²) in [6.45, 7) is 10.7. The van der Waals surface area contributed by atoms with Crippen LogP contribution in [0.2, 0.25) is 0 Å². The molecule has 0 spiro atoms. The lowest BCUT2D eigenvalue weighted by molar-refractivity contribution is 0.605. The first-order valence-electron chi connectivity index (χ1n) is 6.21. The van der Waals surface area contributed by atoms with E-state index in [4.69, 9.17) is 0 Å². The van der Waals surface area contributed by atoms with Gasteiger partial charge in [-0.25, -0.2) is 0 Å². The summed E-state index contributed by atoms with van der Waals surface area (Å²) in [7, 11) is 0. The normalized spacial score (nSPS) is 10.7. The smallest absolute Gasteiger partial charge is 0.0208 e. The third kappa shape index (κ3) is 4.77. The van der Waals surface area contributed by atoms with Crippen molar-refractivity contribution in [1.82, 2.24) is 10.6 Å². The van der Waals surface area contributed by atoms with Crippen LogP contribution in [0.1, 0.15) is 30.0 Å². The Labute approximate surface area is 99.5 Å². The van der Waals surface area contributed by atoms with Gasteiger partial charge in [-0.1, -0.05) is 30.7 Å². The molecule has 2 heteroatoms. The Hall–Kier alpha value is -0.860. The van der Waals surface area contributed by atoms with Crippen molar-refractivity contribution in [3.63, 3.8) is 0 Å². The van der Waals surface area contributed by atoms with E-state index in [0.717, 1.165) is 26.2 Å². The molecule has 0 saturated carbocycles. The van der Waals surface area contributed by atoms with Crippen LogP contribution in [0.25, 0.3) is 0 Å². The number of hydrogen-bond acceptors (Lipinski definition) is 2. The minimum atomic E-state index is 0.984. The number of aryl methyl sites for hydroxylation is 2. The monoisotopic (exact) mass is 220 g/mol. The van der Waals surface area contributed by atoms with Gasteiger partial charge in [0.2, 0.25) is 0 Å². The molecule has 2 N–H and O–H groups in total. The zero-order chi connectivity index (χ0) is 11.8. The third-order valence-electron chi connectivity index (χ3n) is 2.77. The molecular weight excluding hydrogens is 196 g/mol. The molecule has 90 valence electrons. The lowest BCUT2D eigenvalue weighted by atomic mass is 10.1. The number of benzene rings is 1. The quantitative estimate of drug-likeness (QED) is 0.690. The van der Waals surface area contributed by atoms with Crippen molar-refractivity contribution in [2.75, 3.05) is 19.6 Å². The van der Waals surface area contributed by atoms with Gasteiger partial charge in [0.05, 0.1) is 0 Å². The molecule has 0 bridgehead atoms. The fourth-order valence-corrected chi connectivity index (χ4v) is 1.78. The average Bonchev–Trinajstić information content (AvgIpc) is 2.26. The van der Waals surface area contributed by atoms with E-state index in [-0.39, 0.29) is 0 Å². The molecule has 1 aromatic carbocycles. The SMILES string of the molecule is CCNCCCNCc1ccc(C)cc1C. The second-order valence-corrected chi connectivity index (χ2v) is 4.31. The van der Waals surface area contributed by atoms with Crippen LogP contribution in [0.15, 0.2) is 18.2 Å². The van der Waals surface area contributed by atoms with Gasteiger partial charge in [-0.3, -0.25) is 0 Å². The fraction of sp³-hybridized carbons (Fsp3) is 0.571. The molecule has 0 radical (unpaired) electrons. The van der Waals surface area contributed by atoms with Crippen molar-refractivity contribution in [2.24, 2.45) is 0 Å². The first kappa shape index (κ1) is 13.2. The van der Waals surface area contributed by atoms with Gasteiger partial charge >= 0.3 is 0 Å². The molecule has 0 heterocycles. The first-order chi connectivity index (χ1) is 7.74. The highest BCUT2D eigenvalue weighted by molar-refractivity contribution is 5.30. The highest BCUT2D eigenvalue weighted by Gasteiger charge is 1.97. The molecule has 0 fully saturated rings. The van der Waals surface area contributed by atoms with E-state index in [1.807, 2.05) is 0 Å². The van der Waals surface area contributed by atoms with Gasteiger partial charge in [-0.05, 0) is 51.0 Å². The molecule has 16 heavy (non-hydrogen) atoms. The number of nitrogens with one attached hydrogen (secondary N) is 2. The van der Waals surface area contributed by atoms with Gasteiger partial charge in [0.25, 0.3) is 0 Å². The van der Waals surface area contributed by atoms with E-state index in [2.05, 4.69) is 49.6 Å². The van der Waals surface area contributed by atoms with Gasteiger partial charge < -0.3 is 10.6 Å². The Kier molecular flexibility index (Phi) is 6.12. The van der Waals surface area contributed by atoms with Crippen LogP contribution in [0.5, 0.6) is 0 Å². The fourth-order valence-electron chi connectivity index (χ4n) is 1.78. The van der Waals surface area contributed by atoms with Crippen molar-refractivity contribution in [2.45, 2.75) is 33.7 Å². The maximum absolute atomic E-state index is 3.48. The minimum Gasteiger partial charge on any atom is -0.317 e. The van der Waals surface area contributed by atoms with Crippen LogP contribution in [0, 0.1) is 13.8 Å². The van der Waals surface area contributed by atoms with Crippen LogP contribution < -0.4 is 10.6 Å². The van der Waals surface area contributed by atoms with Crippen LogP contribution in [0.3, 0.4) is 0 Å². The summed E-state index contributed by atoms with van der Waals surface area (Å²) < 4.78 is 0. The Bertz CT molecular complexity index is 308. The second kappa shape index (κ2) is 7.42. The second-order valence-electron chi connectivity index (χ2n) is 4.31. The highest BCUT2D eigenvalue weighted by atomic mass is 14.9. The summed E-state index contributed by atoms with van der Waals surface area (Å²) >= 11 is 0. The van der Waals surface area contributed by atoms with Crippen LogP contribution in [-0.2, 0) is 6.54 Å². The molecule has 0 amide bonds. The molecule has 1 aromatic rings. The highest BCUT2D eigenvalue weighted by Crippen LogP contribution is 2.09. The molecule has 0 aromatic heterocycles. The number of hydrogen-bond donors (Lipinski definition) is 2. The summed E-state index contributed by atoms with van der Waals surface area (Å²) in [5.41, 5.74) is 4.14. The van der Waals surface area contributed by atoms with Crippen LogP contribution >= 0.6 is 0 Å². The predicted octanol–water partition coefficient (Wildman–Crippen LogP) is 2.39. The van der Waals surface area contributed by atoms with Crippen molar-refractivity contribution < 1.29 is 0 Å². The Balaban J connectivity index is 2.21. The minimum absolute atomic E-state index is 0.984. The zero-order valence-electron chi connectivity index (χ0n) is 10.8. The van der Waals surface area contributed by atoms with E-state index in [0.29, 0.717) is 0 Å². The van der Waals surface area contributed by atoms with Gasteiger partial charge in [-0.15, -0.1) is 0 Å². The van der Waals surface area contributed by atoms with E-state index in [1.54, 1.807) is 0 Å². The summed E-state index contributed by atoms with van der Waals surface area (Å²) in [5, 5.41) is 6.81. The van der Waals surface area contributed by atoms with Gasteiger partial charge in [0, 0.05) is 6.54 Å². The molecular formula is C14H24N2. The lowest BCUT2D eigenvalue weighted by Gasteiger charge is -2.08. The molecule has 0 aliphatic heterocycles. The van der Waals surface area contributed by atoms with Crippen LogP contribution in [-0.4, -0.2) is 19.6 Å². The molecule has 0 aliphatic carbocycles. The van der Waals surface area contributed by atoms with E-state index < -0.39 is 0 Å². The molecule has 0 atom stereocenters. The first-order valence-corrected chi connectivity index (χ1v) is 6.21. The summed E-state index contributed by atoms with van der Waals surface area (Å²) in [4.78, 5) is 0. The van der Waals surface area contributed by atoms with Crippen molar-refractivity contribution >= 4 is 0 Å². The Morgan fingerprint density at radius 2 is 1.81 bits per heavy atom. The van der Waals surface area contributed by atoms with Gasteiger partial charge in [0.15, 0.2) is 0 Å². The van der Waals surface area contributed by atoms with Crippen LogP contribution in [0.4, 0.5) is 0 Å². The third-order valence-corrected chi connectivity index (χ3v) is 2.77. The molecule has 0 unspecified atom stereocenters. The van der Waals surface area contributed by atoms with E-state index in [1.165, 1.54) is 23.1 Å². The molecule has 2 nitrogen and oxygen atoms in total. The van der Waals surface area contributed by atoms with Crippen molar-refractivity contribution in [3.05, 3.63) is 34.9 Å². The molecule has 0 saturated heterocycles. The maximum Gasteiger partial charge on any atom is 0.0208 e. The van der Waals surface area contributed by atoms with E-state index in [9.17, 15) is 0 Å². The summed E-state index contributed by atoms with van der Waals surface area (Å²) in [5.74, 6) is 0.